The Bertz CT molecular complexity index is 594. The fourth-order valence-corrected chi connectivity index (χ4v) is 2.42. The molecule has 0 spiro atoms. The first-order chi connectivity index (χ1) is 10.3. The molecule has 7 heteroatoms. The standard InChI is InChI=1S/C14H19N7/c1-11-9-12(10-15)19-14(18-11)21-7-5-20(6-8-21)13-16-3-2-4-17-13/h2-4,9H,5-8,10,15H2,1H3. The first-order valence-corrected chi connectivity index (χ1v) is 7.08. The number of hydrogen-bond donors (Lipinski definition) is 1. The maximum absolute atomic E-state index is 5.68. The summed E-state index contributed by atoms with van der Waals surface area (Å²) in [5.74, 6) is 1.55. The Morgan fingerprint density at radius 1 is 1.00 bits per heavy atom. The molecule has 2 aromatic rings. The van der Waals surface area contributed by atoms with Gasteiger partial charge >= 0.3 is 0 Å². The molecule has 1 aliphatic heterocycles. The molecule has 3 heterocycles. The highest BCUT2D eigenvalue weighted by molar-refractivity contribution is 5.38. The van der Waals surface area contributed by atoms with E-state index in [1.807, 2.05) is 19.1 Å². The van der Waals surface area contributed by atoms with Crippen molar-refractivity contribution >= 4 is 11.9 Å². The monoisotopic (exact) mass is 285 g/mol. The minimum Gasteiger partial charge on any atom is -0.337 e. The zero-order chi connectivity index (χ0) is 14.7. The minimum absolute atomic E-state index is 0.439. The lowest BCUT2D eigenvalue weighted by Gasteiger charge is -2.34. The summed E-state index contributed by atoms with van der Waals surface area (Å²) in [6.45, 7) is 5.84. The highest BCUT2D eigenvalue weighted by Gasteiger charge is 2.20. The summed E-state index contributed by atoms with van der Waals surface area (Å²) < 4.78 is 0. The fourth-order valence-electron chi connectivity index (χ4n) is 2.42. The second-order valence-electron chi connectivity index (χ2n) is 5.03. The number of anilines is 2. The van der Waals surface area contributed by atoms with E-state index in [1.54, 1.807) is 12.4 Å². The van der Waals surface area contributed by atoms with Crippen LogP contribution in [-0.2, 0) is 6.54 Å². The molecule has 3 rings (SSSR count). The van der Waals surface area contributed by atoms with Gasteiger partial charge in [-0.2, -0.15) is 0 Å². The molecule has 7 nitrogen and oxygen atoms in total. The van der Waals surface area contributed by atoms with E-state index in [9.17, 15) is 0 Å². The van der Waals surface area contributed by atoms with E-state index in [2.05, 4.69) is 29.7 Å². The van der Waals surface area contributed by atoms with Gasteiger partial charge in [0.15, 0.2) is 0 Å². The number of nitrogens with zero attached hydrogens (tertiary/aromatic N) is 6. The molecule has 0 unspecified atom stereocenters. The van der Waals surface area contributed by atoms with Crippen LogP contribution in [0.25, 0.3) is 0 Å². The lowest BCUT2D eigenvalue weighted by atomic mass is 10.3. The van der Waals surface area contributed by atoms with Crippen molar-refractivity contribution in [1.82, 2.24) is 19.9 Å². The Morgan fingerprint density at radius 2 is 1.62 bits per heavy atom. The van der Waals surface area contributed by atoms with Crippen LogP contribution in [0.3, 0.4) is 0 Å². The molecule has 21 heavy (non-hydrogen) atoms. The summed E-state index contributed by atoms with van der Waals surface area (Å²) in [5.41, 5.74) is 7.52. The molecular weight excluding hydrogens is 266 g/mol. The number of aryl methyl sites for hydroxylation is 1. The summed E-state index contributed by atoms with van der Waals surface area (Å²) in [5, 5.41) is 0. The quantitative estimate of drug-likeness (QED) is 0.871. The van der Waals surface area contributed by atoms with E-state index in [0.717, 1.165) is 49.5 Å². The van der Waals surface area contributed by atoms with Crippen molar-refractivity contribution < 1.29 is 0 Å². The number of rotatable bonds is 3. The predicted octanol–water partition coefficient (Wildman–Crippen LogP) is 0.360. The van der Waals surface area contributed by atoms with E-state index in [-0.39, 0.29) is 0 Å². The summed E-state index contributed by atoms with van der Waals surface area (Å²) in [6, 6.07) is 3.76. The van der Waals surface area contributed by atoms with Gasteiger partial charge in [-0.25, -0.2) is 19.9 Å². The molecule has 0 bridgehead atoms. The minimum atomic E-state index is 0.439. The van der Waals surface area contributed by atoms with Gasteiger partial charge in [0.05, 0.1) is 5.69 Å². The van der Waals surface area contributed by atoms with Crippen LogP contribution in [0.15, 0.2) is 24.5 Å². The predicted molar refractivity (Wildman–Crippen MR) is 81.1 cm³/mol. The van der Waals surface area contributed by atoms with Crippen LogP contribution in [0.2, 0.25) is 0 Å². The van der Waals surface area contributed by atoms with Gasteiger partial charge in [0.25, 0.3) is 0 Å². The first-order valence-electron chi connectivity index (χ1n) is 7.08. The maximum Gasteiger partial charge on any atom is 0.225 e. The molecule has 1 saturated heterocycles. The van der Waals surface area contributed by atoms with E-state index in [1.165, 1.54) is 0 Å². The molecule has 0 atom stereocenters. The van der Waals surface area contributed by atoms with Crippen molar-refractivity contribution in [1.29, 1.82) is 0 Å². The van der Waals surface area contributed by atoms with Gasteiger partial charge in [-0.1, -0.05) is 0 Å². The largest absolute Gasteiger partial charge is 0.337 e. The Balaban J connectivity index is 1.70. The van der Waals surface area contributed by atoms with Gasteiger partial charge < -0.3 is 15.5 Å². The zero-order valence-electron chi connectivity index (χ0n) is 12.1. The average Bonchev–Trinajstić information content (AvgIpc) is 2.55. The number of nitrogens with two attached hydrogens (primary N) is 1. The third kappa shape index (κ3) is 3.08. The van der Waals surface area contributed by atoms with Crippen molar-refractivity contribution in [2.75, 3.05) is 36.0 Å². The molecule has 110 valence electrons. The zero-order valence-corrected chi connectivity index (χ0v) is 12.1. The van der Waals surface area contributed by atoms with Gasteiger partial charge in [0.2, 0.25) is 11.9 Å². The topological polar surface area (TPSA) is 84.1 Å². The highest BCUT2D eigenvalue weighted by atomic mass is 15.3. The molecule has 0 aromatic carbocycles. The second kappa shape index (κ2) is 6.01. The molecule has 0 aliphatic carbocycles. The van der Waals surface area contributed by atoms with Crippen LogP contribution < -0.4 is 15.5 Å². The Hall–Kier alpha value is -2.28. The van der Waals surface area contributed by atoms with Crippen LogP contribution in [-0.4, -0.2) is 46.1 Å². The SMILES string of the molecule is Cc1cc(CN)nc(N2CCN(c3ncccn3)CC2)n1. The average molecular weight is 285 g/mol. The summed E-state index contributed by atoms with van der Waals surface area (Å²) >= 11 is 0. The first kappa shape index (κ1) is 13.7. The molecule has 1 fully saturated rings. The van der Waals surface area contributed by atoms with Crippen molar-refractivity contribution in [3.63, 3.8) is 0 Å². The van der Waals surface area contributed by atoms with E-state index < -0.39 is 0 Å². The highest BCUT2D eigenvalue weighted by Crippen LogP contribution is 2.15. The Morgan fingerprint density at radius 3 is 2.24 bits per heavy atom. The fraction of sp³-hybridized carbons (Fsp3) is 0.429. The lowest BCUT2D eigenvalue weighted by molar-refractivity contribution is 0.625. The normalized spacial score (nSPS) is 15.3. The van der Waals surface area contributed by atoms with Crippen LogP contribution in [0.1, 0.15) is 11.4 Å². The van der Waals surface area contributed by atoms with Crippen LogP contribution >= 0.6 is 0 Å². The summed E-state index contributed by atoms with van der Waals surface area (Å²) in [7, 11) is 0. The van der Waals surface area contributed by atoms with E-state index in [0.29, 0.717) is 6.54 Å². The molecule has 2 aromatic heterocycles. The summed E-state index contributed by atoms with van der Waals surface area (Å²) in [4.78, 5) is 22.0. The second-order valence-corrected chi connectivity index (χ2v) is 5.03. The number of hydrogen-bond acceptors (Lipinski definition) is 7. The van der Waals surface area contributed by atoms with Gasteiger partial charge in [0.1, 0.15) is 0 Å². The van der Waals surface area contributed by atoms with Gasteiger partial charge in [-0.3, -0.25) is 0 Å². The van der Waals surface area contributed by atoms with Crippen LogP contribution in [0.4, 0.5) is 11.9 Å². The molecule has 0 radical (unpaired) electrons. The van der Waals surface area contributed by atoms with E-state index in [4.69, 9.17) is 5.73 Å². The lowest BCUT2D eigenvalue weighted by Crippen LogP contribution is -2.47. The van der Waals surface area contributed by atoms with Gasteiger partial charge in [-0.05, 0) is 19.1 Å². The van der Waals surface area contributed by atoms with Crippen LogP contribution in [0.5, 0.6) is 0 Å². The number of aromatic nitrogens is 4. The molecule has 0 amide bonds. The third-order valence-electron chi connectivity index (χ3n) is 3.50. The van der Waals surface area contributed by atoms with Gasteiger partial charge in [-0.15, -0.1) is 0 Å². The molecule has 2 N–H and O–H groups in total. The molecule has 0 saturated carbocycles. The van der Waals surface area contributed by atoms with Crippen molar-refractivity contribution in [2.45, 2.75) is 13.5 Å². The molecule has 1 aliphatic rings. The van der Waals surface area contributed by atoms with Crippen molar-refractivity contribution in [3.8, 4) is 0 Å². The Kier molecular flexibility index (Phi) is 3.92. The van der Waals surface area contributed by atoms with Crippen molar-refractivity contribution in [2.24, 2.45) is 5.73 Å². The van der Waals surface area contributed by atoms with Gasteiger partial charge in [0, 0.05) is 50.8 Å². The van der Waals surface area contributed by atoms with E-state index >= 15 is 0 Å². The Labute approximate surface area is 123 Å². The van der Waals surface area contributed by atoms with Crippen LogP contribution in [0, 0.1) is 6.92 Å². The molecular formula is C14H19N7. The maximum atomic E-state index is 5.68. The summed E-state index contributed by atoms with van der Waals surface area (Å²) in [6.07, 6.45) is 3.54. The number of piperazine rings is 1. The van der Waals surface area contributed by atoms with Crippen molar-refractivity contribution in [3.05, 3.63) is 35.9 Å². The smallest absolute Gasteiger partial charge is 0.225 e. The third-order valence-corrected chi connectivity index (χ3v) is 3.50.